The van der Waals surface area contributed by atoms with Gasteiger partial charge in [-0.05, 0) is 48.2 Å². The number of carbonyl (C=O) groups excluding carboxylic acids is 1. The third-order valence-corrected chi connectivity index (χ3v) is 6.15. The van der Waals surface area contributed by atoms with E-state index in [1.54, 1.807) is 10.9 Å². The molecule has 2 aromatic heterocycles. The van der Waals surface area contributed by atoms with Crippen molar-refractivity contribution >= 4 is 27.3 Å². The van der Waals surface area contributed by atoms with Gasteiger partial charge in [0.15, 0.2) is 0 Å². The number of hydrogen-bond acceptors (Lipinski definition) is 5. The molecule has 3 rings (SSSR count). The summed E-state index contributed by atoms with van der Waals surface area (Å²) in [5.74, 6) is -0.231. The van der Waals surface area contributed by atoms with Crippen LogP contribution in [0.5, 0.6) is 0 Å². The zero-order chi connectivity index (χ0) is 19.1. The first-order valence-electron chi connectivity index (χ1n) is 8.42. The van der Waals surface area contributed by atoms with E-state index in [1.165, 1.54) is 35.6 Å². The quantitative estimate of drug-likeness (QED) is 0.535. The number of rotatable bonds is 9. The summed E-state index contributed by atoms with van der Waals surface area (Å²) in [4.78, 5) is 13.2. The molecule has 0 aliphatic heterocycles. The maximum Gasteiger partial charge on any atom is 0.251 e. The van der Waals surface area contributed by atoms with Crippen LogP contribution in [0.3, 0.4) is 0 Å². The van der Waals surface area contributed by atoms with Gasteiger partial charge in [0.1, 0.15) is 0 Å². The number of benzene rings is 1. The highest BCUT2D eigenvalue weighted by molar-refractivity contribution is 7.89. The first-order valence-corrected chi connectivity index (χ1v) is 10.8. The Kier molecular flexibility index (Phi) is 6.38. The van der Waals surface area contributed by atoms with Crippen molar-refractivity contribution in [2.75, 3.05) is 6.54 Å². The van der Waals surface area contributed by atoms with Gasteiger partial charge < -0.3 is 5.32 Å². The molecule has 0 unspecified atom stereocenters. The maximum atomic E-state index is 12.3. The van der Waals surface area contributed by atoms with E-state index in [1.807, 2.05) is 29.8 Å². The van der Waals surface area contributed by atoms with Crippen LogP contribution in [0.15, 0.2) is 65.1 Å². The average Bonchev–Trinajstić information content (AvgIpc) is 3.37. The maximum absolute atomic E-state index is 12.3. The molecule has 0 aliphatic carbocycles. The molecule has 3 aromatic rings. The van der Waals surface area contributed by atoms with Crippen molar-refractivity contribution in [1.82, 2.24) is 19.8 Å². The number of hydrogen-bond donors (Lipinski definition) is 2. The van der Waals surface area contributed by atoms with Gasteiger partial charge in [-0.2, -0.15) is 5.10 Å². The summed E-state index contributed by atoms with van der Waals surface area (Å²) in [7, 11) is -3.61. The van der Waals surface area contributed by atoms with Crippen LogP contribution in [0.4, 0.5) is 0 Å². The monoisotopic (exact) mass is 404 g/mol. The normalized spacial score (nSPS) is 11.4. The summed E-state index contributed by atoms with van der Waals surface area (Å²) in [6, 6.07) is 11.5. The van der Waals surface area contributed by atoms with E-state index in [9.17, 15) is 13.2 Å². The molecule has 0 atom stereocenters. The third-order valence-electron chi connectivity index (χ3n) is 3.85. The molecule has 2 heterocycles. The second kappa shape index (κ2) is 8.94. The summed E-state index contributed by atoms with van der Waals surface area (Å²) in [6.45, 7) is 1.49. The molecule has 7 nitrogen and oxygen atoms in total. The van der Waals surface area contributed by atoms with Crippen LogP contribution in [0.1, 0.15) is 21.7 Å². The number of amides is 1. The molecule has 2 N–H and O–H groups in total. The topological polar surface area (TPSA) is 93.1 Å². The first kappa shape index (κ1) is 19.3. The smallest absolute Gasteiger partial charge is 0.251 e. The summed E-state index contributed by atoms with van der Waals surface area (Å²) in [5.41, 5.74) is 0.422. The predicted molar refractivity (Wildman–Crippen MR) is 104 cm³/mol. The Morgan fingerprint density at radius 3 is 2.63 bits per heavy atom. The van der Waals surface area contributed by atoms with E-state index in [-0.39, 0.29) is 17.3 Å². The molecule has 1 amide bonds. The summed E-state index contributed by atoms with van der Waals surface area (Å²) in [5, 5.41) is 8.81. The van der Waals surface area contributed by atoms with Crippen molar-refractivity contribution < 1.29 is 13.2 Å². The van der Waals surface area contributed by atoms with E-state index in [0.717, 1.165) is 17.8 Å². The Bertz CT molecular complexity index is 951. The fourth-order valence-electron chi connectivity index (χ4n) is 2.43. The lowest BCUT2D eigenvalue weighted by atomic mass is 10.2. The van der Waals surface area contributed by atoms with E-state index in [2.05, 4.69) is 15.1 Å². The number of carbonyl (C=O) groups is 1. The largest absolute Gasteiger partial charge is 0.352 e. The summed E-state index contributed by atoms with van der Waals surface area (Å²) in [6.07, 6.45) is 4.34. The number of nitrogens with one attached hydrogen (secondary N) is 2. The Balaban J connectivity index is 1.50. The van der Waals surface area contributed by atoms with Crippen LogP contribution in [0.25, 0.3) is 0 Å². The van der Waals surface area contributed by atoms with Crippen molar-refractivity contribution in [2.24, 2.45) is 0 Å². The van der Waals surface area contributed by atoms with Crippen molar-refractivity contribution in [2.45, 2.75) is 24.4 Å². The highest BCUT2D eigenvalue weighted by Crippen LogP contribution is 2.13. The lowest BCUT2D eigenvalue weighted by Gasteiger charge is -2.08. The minimum atomic E-state index is -3.61. The second-order valence-corrected chi connectivity index (χ2v) is 8.61. The zero-order valence-electron chi connectivity index (χ0n) is 14.5. The molecular weight excluding hydrogens is 384 g/mol. The Morgan fingerprint density at radius 2 is 1.96 bits per heavy atom. The fraction of sp³-hybridized carbons (Fsp3) is 0.222. The first-order chi connectivity index (χ1) is 13.0. The van der Waals surface area contributed by atoms with Gasteiger partial charge in [-0.3, -0.25) is 9.48 Å². The van der Waals surface area contributed by atoms with Crippen LogP contribution in [-0.2, 0) is 23.1 Å². The van der Waals surface area contributed by atoms with Crippen LogP contribution in [0, 0.1) is 0 Å². The second-order valence-electron chi connectivity index (χ2n) is 5.81. The fourth-order valence-corrected chi connectivity index (χ4v) is 4.17. The zero-order valence-corrected chi connectivity index (χ0v) is 16.2. The van der Waals surface area contributed by atoms with Gasteiger partial charge in [0.2, 0.25) is 10.0 Å². The Labute approximate surface area is 162 Å². The SMILES string of the molecule is O=C(NCCCn1cccn1)c1ccc(S(=O)(=O)NCc2cccs2)cc1. The molecule has 0 bridgehead atoms. The molecule has 0 saturated heterocycles. The number of aromatic nitrogens is 2. The minimum absolute atomic E-state index is 0.134. The Morgan fingerprint density at radius 1 is 1.15 bits per heavy atom. The molecule has 0 radical (unpaired) electrons. The van der Waals surface area contributed by atoms with E-state index >= 15 is 0 Å². The highest BCUT2D eigenvalue weighted by atomic mass is 32.2. The van der Waals surface area contributed by atoms with Gasteiger partial charge in [0.25, 0.3) is 5.91 Å². The Hall–Kier alpha value is -2.49. The molecule has 0 saturated carbocycles. The van der Waals surface area contributed by atoms with Crippen LogP contribution in [0.2, 0.25) is 0 Å². The van der Waals surface area contributed by atoms with Gasteiger partial charge in [-0.15, -0.1) is 11.3 Å². The van der Waals surface area contributed by atoms with Crippen LogP contribution < -0.4 is 10.0 Å². The van der Waals surface area contributed by atoms with E-state index < -0.39 is 10.0 Å². The van der Waals surface area contributed by atoms with Crippen LogP contribution in [-0.4, -0.2) is 30.7 Å². The lowest BCUT2D eigenvalue weighted by molar-refractivity contribution is 0.0952. The van der Waals surface area contributed by atoms with Gasteiger partial charge >= 0.3 is 0 Å². The molecule has 0 fully saturated rings. The van der Waals surface area contributed by atoms with Crippen LogP contribution >= 0.6 is 11.3 Å². The van der Waals surface area contributed by atoms with E-state index in [4.69, 9.17) is 0 Å². The lowest BCUT2D eigenvalue weighted by Crippen LogP contribution is -2.26. The average molecular weight is 405 g/mol. The number of nitrogens with zero attached hydrogens (tertiary/aromatic N) is 2. The molecule has 27 heavy (non-hydrogen) atoms. The number of thiophene rings is 1. The summed E-state index contributed by atoms with van der Waals surface area (Å²) < 4.78 is 29.0. The van der Waals surface area contributed by atoms with Crippen molar-refractivity contribution in [3.8, 4) is 0 Å². The number of sulfonamides is 1. The van der Waals surface area contributed by atoms with Gasteiger partial charge in [-0.1, -0.05) is 6.07 Å². The molecule has 142 valence electrons. The third kappa shape index (κ3) is 5.49. The highest BCUT2D eigenvalue weighted by Gasteiger charge is 2.15. The van der Waals surface area contributed by atoms with Gasteiger partial charge in [-0.25, -0.2) is 13.1 Å². The number of aryl methyl sites for hydroxylation is 1. The predicted octanol–water partition coefficient (Wildman–Crippen LogP) is 2.24. The van der Waals surface area contributed by atoms with Crippen molar-refractivity contribution in [3.63, 3.8) is 0 Å². The van der Waals surface area contributed by atoms with Gasteiger partial charge in [0, 0.05) is 42.5 Å². The molecule has 9 heteroatoms. The molecule has 1 aromatic carbocycles. The van der Waals surface area contributed by atoms with E-state index in [0.29, 0.717) is 12.1 Å². The summed E-state index contributed by atoms with van der Waals surface area (Å²) >= 11 is 1.49. The molecule has 0 spiro atoms. The standard InChI is InChI=1S/C18H20N4O3S2/c23-18(19-9-2-11-22-12-3-10-20-22)15-5-7-17(8-6-15)27(24,25)21-14-16-4-1-13-26-16/h1,3-8,10,12-13,21H,2,9,11,14H2,(H,19,23). The van der Waals surface area contributed by atoms with Crippen molar-refractivity contribution in [3.05, 3.63) is 70.7 Å². The molecule has 0 aliphatic rings. The molecular formula is C18H20N4O3S2. The van der Waals surface area contributed by atoms with Gasteiger partial charge in [0.05, 0.1) is 4.90 Å². The minimum Gasteiger partial charge on any atom is -0.352 e. The van der Waals surface area contributed by atoms with Crippen molar-refractivity contribution in [1.29, 1.82) is 0 Å².